The fourth-order valence-corrected chi connectivity index (χ4v) is 7.44. The number of amides is 1. The van der Waals surface area contributed by atoms with E-state index in [1.54, 1.807) is 39.2 Å². The highest BCUT2D eigenvalue weighted by atomic mass is 35.5. The first-order chi connectivity index (χ1) is 20.8. The van der Waals surface area contributed by atoms with E-state index in [0.717, 1.165) is 30.6 Å². The van der Waals surface area contributed by atoms with Crippen molar-refractivity contribution in [3.8, 4) is 0 Å². The highest BCUT2D eigenvalue weighted by Gasteiger charge is 2.50. The average Bonchev–Trinajstić information content (AvgIpc) is 3.54. The topological polar surface area (TPSA) is 99.1 Å². The van der Waals surface area contributed by atoms with Gasteiger partial charge < -0.3 is 24.5 Å². The molecule has 3 aliphatic rings. The molecule has 1 aromatic carbocycles. The first-order valence-electron chi connectivity index (χ1n) is 14.9. The van der Waals surface area contributed by atoms with Crippen LogP contribution in [0.15, 0.2) is 36.4 Å². The summed E-state index contributed by atoms with van der Waals surface area (Å²) in [5, 5.41) is 9.62. The van der Waals surface area contributed by atoms with Gasteiger partial charge in [0.15, 0.2) is 0 Å². The average molecular weight is 622 g/mol. The molecule has 2 fully saturated rings. The largest absolute Gasteiger partial charge is 0.478 e. The van der Waals surface area contributed by atoms with Gasteiger partial charge in [-0.25, -0.2) is 19.2 Å². The lowest BCUT2D eigenvalue weighted by Crippen LogP contribution is -2.61. The first-order valence-corrected chi connectivity index (χ1v) is 15.3. The molecule has 232 valence electrons. The summed E-state index contributed by atoms with van der Waals surface area (Å²) >= 11 is 5.98. The van der Waals surface area contributed by atoms with E-state index in [0.29, 0.717) is 54.6 Å². The van der Waals surface area contributed by atoms with Gasteiger partial charge in [0.2, 0.25) is 0 Å². The lowest BCUT2D eigenvalue weighted by Gasteiger charge is -2.47. The number of nitrogens with zero attached hydrogens (tertiary/aromatic N) is 5. The van der Waals surface area contributed by atoms with E-state index in [1.165, 1.54) is 6.07 Å². The third-order valence-electron chi connectivity index (χ3n) is 9.53. The summed E-state index contributed by atoms with van der Waals surface area (Å²) in [6.07, 6.45) is 2.59. The number of carboxylic acids is 1. The van der Waals surface area contributed by atoms with Crippen molar-refractivity contribution in [1.82, 2.24) is 14.9 Å². The number of piperazine rings is 1. The molecule has 1 saturated heterocycles. The molecule has 3 aromatic rings. The Morgan fingerprint density at radius 1 is 1.09 bits per heavy atom. The number of pyridine rings is 2. The van der Waals surface area contributed by atoms with Crippen molar-refractivity contribution in [2.75, 3.05) is 43.1 Å². The van der Waals surface area contributed by atoms with Gasteiger partial charge in [-0.1, -0.05) is 11.6 Å². The number of aromatic nitrogens is 2. The van der Waals surface area contributed by atoms with Gasteiger partial charge in [-0.15, -0.1) is 0 Å². The second-order valence-corrected chi connectivity index (χ2v) is 13.3. The molecule has 0 unspecified atom stereocenters. The summed E-state index contributed by atoms with van der Waals surface area (Å²) in [6.45, 7) is 9.68. The molecule has 11 heteroatoms. The van der Waals surface area contributed by atoms with Crippen molar-refractivity contribution in [2.24, 2.45) is 0 Å². The lowest BCUT2D eigenvalue weighted by molar-refractivity contribution is 0.0506. The van der Waals surface area contributed by atoms with E-state index in [1.807, 2.05) is 30.9 Å². The number of hydrogen-bond donors (Lipinski definition) is 1. The zero-order valence-electron chi connectivity index (χ0n) is 25.7. The van der Waals surface area contributed by atoms with Gasteiger partial charge >= 0.3 is 5.97 Å². The van der Waals surface area contributed by atoms with E-state index < -0.39 is 17.3 Å². The third-order valence-corrected chi connectivity index (χ3v) is 9.83. The SMILES string of the molecule is CO[C@@H]1CC[C@@]2(C1)CN(c1ccc(Cl)c(F)c1)c1ccc(C(=O)N3CCN(c4cc(C)c(C(=O)O)c(C)n4)CC3(C)C)nc12. The zero-order valence-corrected chi connectivity index (χ0v) is 26.4. The van der Waals surface area contributed by atoms with Crippen LogP contribution >= 0.6 is 11.6 Å². The summed E-state index contributed by atoms with van der Waals surface area (Å²) in [6, 6.07) is 10.3. The fourth-order valence-electron chi connectivity index (χ4n) is 7.32. The predicted octanol–water partition coefficient (Wildman–Crippen LogP) is 5.91. The van der Waals surface area contributed by atoms with E-state index in [9.17, 15) is 19.1 Å². The smallest absolute Gasteiger partial charge is 0.337 e. The van der Waals surface area contributed by atoms with E-state index >= 15 is 0 Å². The maximum atomic E-state index is 14.5. The van der Waals surface area contributed by atoms with Crippen molar-refractivity contribution in [3.05, 3.63) is 75.4 Å². The fraction of sp³-hybridized carbons (Fsp3) is 0.455. The number of carbonyl (C=O) groups excluding carboxylic acids is 1. The zero-order chi connectivity index (χ0) is 31.6. The number of rotatable bonds is 5. The van der Waals surface area contributed by atoms with Gasteiger partial charge in [0, 0.05) is 44.4 Å². The normalized spacial score (nSPS) is 22.5. The summed E-state index contributed by atoms with van der Waals surface area (Å²) in [4.78, 5) is 41.4. The van der Waals surface area contributed by atoms with Crippen molar-refractivity contribution in [3.63, 3.8) is 0 Å². The van der Waals surface area contributed by atoms with Gasteiger partial charge in [0.1, 0.15) is 17.3 Å². The molecule has 0 radical (unpaired) electrons. The first kappa shape index (κ1) is 30.3. The molecular formula is C33H37ClFN5O4. The number of aromatic carboxylic acids is 1. The molecule has 1 N–H and O–H groups in total. The van der Waals surface area contributed by atoms with Gasteiger partial charge in [0.25, 0.3) is 5.91 Å². The Bertz CT molecular complexity index is 1640. The highest BCUT2D eigenvalue weighted by molar-refractivity contribution is 6.30. The van der Waals surface area contributed by atoms with Crippen LogP contribution in [0, 0.1) is 19.7 Å². The summed E-state index contributed by atoms with van der Waals surface area (Å²) < 4.78 is 20.2. The van der Waals surface area contributed by atoms with Crippen LogP contribution in [0.2, 0.25) is 5.02 Å². The summed E-state index contributed by atoms with van der Waals surface area (Å²) in [5.41, 5.74) is 3.27. The van der Waals surface area contributed by atoms with Gasteiger partial charge in [0.05, 0.1) is 39.3 Å². The number of benzene rings is 1. The molecule has 1 aliphatic carbocycles. The van der Waals surface area contributed by atoms with Gasteiger partial charge in [-0.2, -0.15) is 0 Å². The van der Waals surface area contributed by atoms with Crippen LogP contribution in [0.5, 0.6) is 0 Å². The quantitative estimate of drug-likeness (QED) is 0.375. The number of fused-ring (bicyclic) bond motifs is 2. The lowest BCUT2D eigenvalue weighted by atomic mass is 9.84. The molecule has 6 rings (SSSR count). The van der Waals surface area contributed by atoms with E-state index in [4.69, 9.17) is 21.3 Å². The van der Waals surface area contributed by atoms with Crippen LogP contribution in [0.4, 0.5) is 21.6 Å². The van der Waals surface area contributed by atoms with Gasteiger partial charge in [-0.05, 0) is 88.9 Å². The van der Waals surface area contributed by atoms with Crippen molar-refractivity contribution in [2.45, 2.75) is 64.0 Å². The number of halogens is 2. The molecule has 4 heterocycles. The van der Waals surface area contributed by atoms with Crippen LogP contribution in [-0.4, -0.2) is 76.8 Å². The van der Waals surface area contributed by atoms with Crippen molar-refractivity contribution in [1.29, 1.82) is 0 Å². The Hall–Kier alpha value is -3.76. The second-order valence-electron chi connectivity index (χ2n) is 12.9. The molecule has 1 spiro atoms. The standard InChI is InChI=1S/C33H37ClFN5O4/c1-19-14-27(36-20(2)28(19)31(42)43)38-12-13-40(32(3,4)17-38)30(41)25-8-9-26-29(37-25)33(11-10-22(16-33)44-5)18-39(26)21-6-7-23(34)24(35)15-21/h6-9,14-15,22H,10-13,16-18H2,1-5H3,(H,42,43)/t22-,33-/m1/s1. The highest BCUT2D eigenvalue weighted by Crippen LogP contribution is 2.52. The monoisotopic (exact) mass is 621 g/mol. The number of anilines is 3. The molecule has 0 bridgehead atoms. The number of carbonyl (C=O) groups is 2. The number of carboxylic acid groups (broad SMARTS) is 1. The second kappa shape index (κ2) is 11.0. The van der Waals surface area contributed by atoms with Crippen LogP contribution in [0.25, 0.3) is 0 Å². The molecule has 2 aromatic heterocycles. The molecule has 1 saturated carbocycles. The maximum absolute atomic E-state index is 14.5. The number of aryl methyl sites for hydroxylation is 2. The Morgan fingerprint density at radius 2 is 1.86 bits per heavy atom. The molecule has 9 nitrogen and oxygen atoms in total. The molecule has 2 aliphatic heterocycles. The summed E-state index contributed by atoms with van der Waals surface area (Å²) in [5.74, 6) is -0.911. The minimum absolute atomic E-state index is 0.0725. The number of methoxy groups -OCH3 is 1. The minimum atomic E-state index is -0.989. The molecular weight excluding hydrogens is 585 g/mol. The minimum Gasteiger partial charge on any atom is -0.478 e. The maximum Gasteiger partial charge on any atom is 0.337 e. The third kappa shape index (κ3) is 5.07. The predicted molar refractivity (Wildman–Crippen MR) is 167 cm³/mol. The summed E-state index contributed by atoms with van der Waals surface area (Å²) in [7, 11) is 1.72. The molecule has 1 amide bonds. The Kier molecular flexibility index (Phi) is 7.57. The van der Waals surface area contributed by atoms with E-state index in [-0.39, 0.29) is 28.0 Å². The van der Waals surface area contributed by atoms with Crippen LogP contribution in [-0.2, 0) is 10.2 Å². The Labute approximate surface area is 261 Å². The van der Waals surface area contributed by atoms with E-state index in [2.05, 4.69) is 14.8 Å². The molecule has 2 atom stereocenters. The Balaban J connectivity index is 1.29. The van der Waals surface area contributed by atoms with Gasteiger partial charge in [-0.3, -0.25) is 4.79 Å². The number of hydrogen-bond acceptors (Lipinski definition) is 7. The van der Waals surface area contributed by atoms with Crippen LogP contribution < -0.4 is 9.80 Å². The van der Waals surface area contributed by atoms with Crippen LogP contribution in [0.3, 0.4) is 0 Å². The number of ether oxygens (including phenoxy) is 1. The van der Waals surface area contributed by atoms with Crippen molar-refractivity contribution < 1.29 is 23.8 Å². The van der Waals surface area contributed by atoms with Crippen LogP contribution in [0.1, 0.15) is 70.9 Å². The van der Waals surface area contributed by atoms with Crippen molar-refractivity contribution >= 4 is 40.7 Å². The molecule has 44 heavy (non-hydrogen) atoms. The Morgan fingerprint density at radius 3 is 2.50 bits per heavy atom.